The molecular weight excluding hydrogens is 256 g/mol. The lowest BCUT2D eigenvalue weighted by Crippen LogP contribution is -2.46. The lowest BCUT2D eigenvalue weighted by Gasteiger charge is -2.26. The van der Waals surface area contributed by atoms with E-state index in [1.54, 1.807) is 31.3 Å². The van der Waals surface area contributed by atoms with E-state index in [1.807, 2.05) is 0 Å². The summed E-state index contributed by atoms with van der Waals surface area (Å²) in [6.45, 7) is 4.03. The van der Waals surface area contributed by atoms with Gasteiger partial charge >= 0.3 is 0 Å². The van der Waals surface area contributed by atoms with Gasteiger partial charge in [-0.1, -0.05) is 0 Å². The van der Waals surface area contributed by atoms with E-state index in [9.17, 15) is 9.59 Å². The van der Waals surface area contributed by atoms with Crippen molar-refractivity contribution in [1.29, 1.82) is 0 Å². The number of carbonyl (C=O) groups is 2. The Labute approximate surface area is 118 Å². The topological polar surface area (TPSA) is 73.5 Å². The van der Waals surface area contributed by atoms with Crippen LogP contribution in [0.3, 0.4) is 0 Å². The van der Waals surface area contributed by atoms with Crippen molar-refractivity contribution in [3.63, 3.8) is 0 Å². The Hall–Kier alpha value is -1.92. The fourth-order valence-corrected chi connectivity index (χ4v) is 2.12. The number of nitrogens with zero attached hydrogens (tertiary/aromatic N) is 1. The molecular formula is C14H20N4O2. The van der Waals surface area contributed by atoms with Crippen LogP contribution >= 0.6 is 0 Å². The number of carbonyl (C=O) groups excluding carboxylic acids is 2. The van der Waals surface area contributed by atoms with Gasteiger partial charge in [0.05, 0.1) is 6.54 Å². The van der Waals surface area contributed by atoms with Gasteiger partial charge in [0.2, 0.25) is 5.91 Å². The third-order valence-electron chi connectivity index (χ3n) is 3.23. The quantitative estimate of drug-likeness (QED) is 0.717. The highest BCUT2D eigenvalue weighted by Crippen LogP contribution is 2.09. The number of amides is 2. The predicted octanol–water partition coefficient (Wildman–Crippen LogP) is -0.110. The summed E-state index contributed by atoms with van der Waals surface area (Å²) in [6, 6.07) is 6.86. The van der Waals surface area contributed by atoms with Crippen LogP contribution in [0.5, 0.6) is 0 Å². The highest BCUT2D eigenvalue weighted by atomic mass is 16.2. The Bertz CT molecular complexity index is 467. The fraction of sp³-hybridized carbons (Fsp3) is 0.429. The molecule has 3 N–H and O–H groups in total. The number of anilines is 1. The van der Waals surface area contributed by atoms with Crippen molar-refractivity contribution in [2.75, 3.05) is 45.1 Å². The molecule has 0 saturated carbocycles. The summed E-state index contributed by atoms with van der Waals surface area (Å²) in [6.07, 6.45) is 0. The van der Waals surface area contributed by atoms with Gasteiger partial charge in [-0.15, -0.1) is 0 Å². The smallest absolute Gasteiger partial charge is 0.251 e. The minimum atomic E-state index is -0.135. The zero-order chi connectivity index (χ0) is 14.4. The molecule has 1 heterocycles. The lowest BCUT2D eigenvalue weighted by atomic mass is 10.2. The second kappa shape index (κ2) is 7.02. The van der Waals surface area contributed by atoms with Crippen molar-refractivity contribution < 1.29 is 9.59 Å². The van der Waals surface area contributed by atoms with Gasteiger partial charge in [-0.3, -0.25) is 14.5 Å². The van der Waals surface area contributed by atoms with Crippen molar-refractivity contribution in [1.82, 2.24) is 15.5 Å². The molecule has 0 spiro atoms. The first kappa shape index (κ1) is 14.5. The first-order chi connectivity index (χ1) is 9.69. The maximum Gasteiger partial charge on any atom is 0.251 e. The van der Waals surface area contributed by atoms with Gasteiger partial charge in [0, 0.05) is 44.5 Å². The number of hydrogen-bond acceptors (Lipinski definition) is 4. The molecule has 0 atom stereocenters. The van der Waals surface area contributed by atoms with Gasteiger partial charge in [-0.25, -0.2) is 0 Å². The van der Waals surface area contributed by atoms with Crippen LogP contribution in [0.1, 0.15) is 10.4 Å². The van der Waals surface area contributed by atoms with Crippen LogP contribution in [-0.4, -0.2) is 56.5 Å². The molecule has 0 aromatic heterocycles. The largest absolute Gasteiger partial charge is 0.355 e. The van der Waals surface area contributed by atoms with Crippen molar-refractivity contribution in [3.8, 4) is 0 Å². The van der Waals surface area contributed by atoms with Crippen LogP contribution in [0.2, 0.25) is 0 Å². The second-order valence-corrected chi connectivity index (χ2v) is 4.73. The molecule has 6 nitrogen and oxygen atoms in total. The van der Waals surface area contributed by atoms with Crippen LogP contribution in [-0.2, 0) is 4.79 Å². The van der Waals surface area contributed by atoms with E-state index < -0.39 is 0 Å². The van der Waals surface area contributed by atoms with Crippen LogP contribution < -0.4 is 16.0 Å². The lowest BCUT2D eigenvalue weighted by molar-refractivity contribution is -0.117. The molecule has 20 heavy (non-hydrogen) atoms. The summed E-state index contributed by atoms with van der Waals surface area (Å²) >= 11 is 0. The molecule has 108 valence electrons. The molecule has 1 fully saturated rings. The molecule has 2 amide bonds. The van der Waals surface area contributed by atoms with Gasteiger partial charge < -0.3 is 16.0 Å². The summed E-state index contributed by atoms with van der Waals surface area (Å²) in [7, 11) is 1.59. The van der Waals surface area contributed by atoms with Crippen molar-refractivity contribution >= 4 is 17.5 Å². The normalized spacial score (nSPS) is 15.7. The number of nitrogens with one attached hydrogen (secondary N) is 3. The minimum absolute atomic E-state index is 0.0282. The van der Waals surface area contributed by atoms with E-state index in [-0.39, 0.29) is 11.8 Å². The van der Waals surface area contributed by atoms with Crippen molar-refractivity contribution in [2.45, 2.75) is 0 Å². The monoisotopic (exact) mass is 276 g/mol. The second-order valence-electron chi connectivity index (χ2n) is 4.73. The average Bonchev–Trinajstić information content (AvgIpc) is 2.48. The number of hydrogen-bond donors (Lipinski definition) is 3. The molecule has 6 heteroatoms. The Morgan fingerprint density at radius 1 is 1.20 bits per heavy atom. The highest BCUT2D eigenvalue weighted by molar-refractivity contribution is 5.96. The van der Waals surface area contributed by atoms with Crippen LogP contribution in [0.15, 0.2) is 24.3 Å². The Morgan fingerprint density at radius 2 is 1.85 bits per heavy atom. The summed E-state index contributed by atoms with van der Waals surface area (Å²) < 4.78 is 0. The number of rotatable bonds is 4. The molecule has 1 aromatic rings. The minimum Gasteiger partial charge on any atom is -0.355 e. The molecule has 1 saturated heterocycles. The molecule has 0 bridgehead atoms. The van der Waals surface area contributed by atoms with E-state index in [0.29, 0.717) is 17.8 Å². The van der Waals surface area contributed by atoms with E-state index >= 15 is 0 Å². The molecule has 0 aliphatic carbocycles. The van der Waals surface area contributed by atoms with Crippen LogP contribution in [0, 0.1) is 0 Å². The first-order valence-electron chi connectivity index (χ1n) is 6.74. The van der Waals surface area contributed by atoms with Crippen molar-refractivity contribution in [3.05, 3.63) is 29.8 Å². The molecule has 1 aliphatic heterocycles. The first-order valence-corrected chi connectivity index (χ1v) is 6.74. The van der Waals surface area contributed by atoms with Gasteiger partial charge in [-0.2, -0.15) is 0 Å². The van der Waals surface area contributed by atoms with Crippen LogP contribution in [0.25, 0.3) is 0 Å². The SMILES string of the molecule is CNC(=O)c1ccc(NC(=O)CN2CCNCC2)cc1. The van der Waals surface area contributed by atoms with Gasteiger partial charge in [0.25, 0.3) is 5.91 Å². The van der Waals surface area contributed by atoms with E-state index in [2.05, 4.69) is 20.9 Å². The number of piperazine rings is 1. The Morgan fingerprint density at radius 3 is 2.45 bits per heavy atom. The third kappa shape index (κ3) is 4.04. The molecule has 0 unspecified atom stereocenters. The Balaban J connectivity index is 1.85. The predicted molar refractivity (Wildman–Crippen MR) is 77.8 cm³/mol. The summed E-state index contributed by atoms with van der Waals surface area (Å²) in [5.74, 6) is -0.164. The van der Waals surface area contributed by atoms with E-state index in [1.165, 1.54) is 0 Å². The standard InChI is InChI=1S/C14H20N4O2/c1-15-14(20)11-2-4-12(5-3-11)17-13(19)10-18-8-6-16-7-9-18/h2-5,16H,6-10H2,1H3,(H,15,20)(H,17,19). The summed E-state index contributed by atoms with van der Waals surface area (Å²) in [5, 5.41) is 8.65. The van der Waals surface area contributed by atoms with Gasteiger partial charge in [0.15, 0.2) is 0 Å². The molecule has 1 aromatic carbocycles. The van der Waals surface area contributed by atoms with E-state index in [4.69, 9.17) is 0 Å². The van der Waals surface area contributed by atoms with Gasteiger partial charge in [-0.05, 0) is 24.3 Å². The summed E-state index contributed by atoms with van der Waals surface area (Å²) in [4.78, 5) is 25.4. The van der Waals surface area contributed by atoms with Crippen LogP contribution in [0.4, 0.5) is 5.69 Å². The number of benzene rings is 1. The average molecular weight is 276 g/mol. The Kier molecular flexibility index (Phi) is 5.09. The zero-order valence-corrected chi connectivity index (χ0v) is 11.6. The molecule has 2 rings (SSSR count). The van der Waals surface area contributed by atoms with Crippen molar-refractivity contribution in [2.24, 2.45) is 0 Å². The van der Waals surface area contributed by atoms with E-state index in [0.717, 1.165) is 26.2 Å². The maximum atomic E-state index is 11.9. The zero-order valence-electron chi connectivity index (χ0n) is 11.6. The third-order valence-corrected chi connectivity index (χ3v) is 3.23. The fourth-order valence-electron chi connectivity index (χ4n) is 2.12. The summed E-state index contributed by atoms with van der Waals surface area (Å²) in [5.41, 5.74) is 1.28. The maximum absolute atomic E-state index is 11.9. The molecule has 1 aliphatic rings. The van der Waals surface area contributed by atoms with Gasteiger partial charge in [0.1, 0.15) is 0 Å². The highest BCUT2D eigenvalue weighted by Gasteiger charge is 2.13. The molecule has 0 radical (unpaired) electrons.